The van der Waals surface area contributed by atoms with Gasteiger partial charge in [0.2, 0.25) is 0 Å². The summed E-state index contributed by atoms with van der Waals surface area (Å²) in [5.41, 5.74) is 0. The van der Waals surface area contributed by atoms with Gasteiger partial charge in [-0.3, -0.25) is 4.79 Å². The van der Waals surface area contributed by atoms with Gasteiger partial charge >= 0.3 is 5.97 Å². The van der Waals surface area contributed by atoms with Crippen LogP contribution < -0.4 is 0 Å². The lowest BCUT2D eigenvalue weighted by molar-refractivity contribution is -0.178. The molecule has 0 bridgehead atoms. The lowest BCUT2D eigenvalue weighted by Gasteiger charge is -2.41. The zero-order valence-electron chi connectivity index (χ0n) is 12.2. The van der Waals surface area contributed by atoms with Gasteiger partial charge in [-0.2, -0.15) is 0 Å². The predicted octanol–water partition coefficient (Wildman–Crippen LogP) is 2.71. The van der Waals surface area contributed by atoms with Gasteiger partial charge in [0.15, 0.2) is 0 Å². The summed E-state index contributed by atoms with van der Waals surface area (Å²) >= 11 is 0. The van der Waals surface area contributed by atoms with E-state index >= 15 is 0 Å². The van der Waals surface area contributed by atoms with Gasteiger partial charge in [0, 0.05) is 6.92 Å². The van der Waals surface area contributed by atoms with Gasteiger partial charge in [0.1, 0.15) is 6.10 Å². The molecule has 0 N–H and O–H groups in total. The highest BCUT2D eigenvalue weighted by molar-refractivity contribution is 5.66. The lowest BCUT2D eigenvalue weighted by atomic mass is 9.95. The smallest absolute Gasteiger partial charge is 0.303 e. The van der Waals surface area contributed by atoms with Gasteiger partial charge in [0.05, 0.1) is 18.2 Å². The van der Waals surface area contributed by atoms with Crippen molar-refractivity contribution in [3.63, 3.8) is 0 Å². The van der Waals surface area contributed by atoms with E-state index in [2.05, 4.69) is 11.8 Å². The molecule has 110 valence electrons. The summed E-state index contributed by atoms with van der Waals surface area (Å²) in [5.74, 6) is -0.239. The van der Waals surface area contributed by atoms with Crippen molar-refractivity contribution in [2.75, 3.05) is 14.1 Å². The third-order valence-corrected chi connectivity index (χ3v) is 2.83. The van der Waals surface area contributed by atoms with Crippen LogP contribution in [0.25, 0.3) is 0 Å². The van der Waals surface area contributed by atoms with Crippen LogP contribution in [-0.2, 0) is 14.3 Å². The monoisotopic (exact) mass is 261 g/mol. The average Bonchev–Trinajstić information content (AvgIpc) is 2.24. The molecule has 1 rings (SSSR count). The first kappa shape index (κ1) is 19.7. The molecule has 0 amide bonds. The molecule has 1 aliphatic heterocycles. The Hall–Kier alpha value is -0.610. The molecule has 0 aromatic carbocycles. The van der Waals surface area contributed by atoms with Crippen LogP contribution >= 0.6 is 0 Å². The van der Waals surface area contributed by atoms with Gasteiger partial charge in [-0.15, -0.1) is 0 Å². The van der Waals surface area contributed by atoms with E-state index in [4.69, 9.17) is 9.47 Å². The topological polar surface area (TPSA) is 38.8 Å². The Morgan fingerprint density at radius 2 is 1.78 bits per heavy atom. The Balaban J connectivity index is 0. The number of nitrogens with zero attached hydrogens (tertiary/aromatic N) is 1. The molecule has 4 heteroatoms. The maximum Gasteiger partial charge on any atom is 0.303 e. The first-order valence-electron chi connectivity index (χ1n) is 6.41. The fraction of sp³-hybridized carbons (Fsp3) is 0.929. The van der Waals surface area contributed by atoms with Crippen LogP contribution in [0.4, 0.5) is 0 Å². The number of hydrogen-bond donors (Lipinski definition) is 0. The maximum absolute atomic E-state index is 11.0. The van der Waals surface area contributed by atoms with E-state index in [9.17, 15) is 4.79 Å². The summed E-state index contributed by atoms with van der Waals surface area (Å²) in [6, 6.07) is 0.243. The Bertz CT molecular complexity index is 231. The molecule has 4 nitrogen and oxygen atoms in total. The summed E-state index contributed by atoms with van der Waals surface area (Å²) in [5, 5.41) is 0. The number of esters is 1. The summed E-state index contributed by atoms with van der Waals surface area (Å²) in [4.78, 5) is 13.1. The second-order valence-corrected chi connectivity index (χ2v) is 4.49. The van der Waals surface area contributed by atoms with Gasteiger partial charge in [-0.1, -0.05) is 21.3 Å². The molecule has 4 atom stereocenters. The van der Waals surface area contributed by atoms with Crippen molar-refractivity contribution in [3.8, 4) is 0 Å². The van der Waals surface area contributed by atoms with Crippen molar-refractivity contribution in [2.24, 2.45) is 0 Å². The maximum atomic E-state index is 11.0. The quantitative estimate of drug-likeness (QED) is 0.716. The van der Waals surface area contributed by atoms with Crippen LogP contribution in [0.2, 0.25) is 0 Å². The van der Waals surface area contributed by atoms with Crippen molar-refractivity contribution in [3.05, 3.63) is 0 Å². The summed E-state index contributed by atoms with van der Waals surface area (Å²) < 4.78 is 11.0. The van der Waals surface area contributed by atoms with Gasteiger partial charge in [-0.25, -0.2) is 0 Å². The number of rotatable bonds is 2. The first-order chi connectivity index (χ1) is 7.91. The molecule has 1 heterocycles. The van der Waals surface area contributed by atoms with Crippen LogP contribution in [0.5, 0.6) is 0 Å². The number of ether oxygens (including phenoxy) is 2. The fourth-order valence-corrected chi connectivity index (χ4v) is 2.16. The highest BCUT2D eigenvalue weighted by Gasteiger charge is 2.38. The van der Waals surface area contributed by atoms with Crippen LogP contribution in [0.1, 0.15) is 48.5 Å². The van der Waals surface area contributed by atoms with E-state index in [1.54, 1.807) is 0 Å². The molecule has 0 aromatic rings. The highest BCUT2D eigenvalue weighted by Crippen LogP contribution is 2.25. The summed E-state index contributed by atoms with van der Waals surface area (Å²) in [6.07, 6.45) is 0.924. The second kappa shape index (κ2) is 9.34. The zero-order chi connectivity index (χ0) is 13.6. The normalized spacial score (nSPS) is 30.9. The first-order valence-corrected chi connectivity index (χ1v) is 6.41. The van der Waals surface area contributed by atoms with E-state index < -0.39 is 0 Å². The van der Waals surface area contributed by atoms with Gasteiger partial charge in [-0.05, 0) is 34.4 Å². The molecule has 0 aliphatic carbocycles. The summed E-state index contributed by atoms with van der Waals surface area (Å²) in [6.45, 7) is 9.45. The Labute approximate surface area is 113 Å². The van der Waals surface area contributed by atoms with Crippen molar-refractivity contribution >= 4 is 5.97 Å². The predicted molar refractivity (Wildman–Crippen MR) is 75.7 cm³/mol. The molecule has 18 heavy (non-hydrogen) atoms. The van der Waals surface area contributed by atoms with Gasteiger partial charge < -0.3 is 14.4 Å². The van der Waals surface area contributed by atoms with E-state index in [0.717, 1.165) is 6.42 Å². The van der Waals surface area contributed by atoms with Crippen LogP contribution in [0, 0.1) is 0 Å². The van der Waals surface area contributed by atoms with Crippen molar-refractivity contribution < 1.29 is 14.3 Å². The van der Waals surface area contributed by atoms with Crippen LogP contribution in [-0.4, -0.2) is 49.3 Å². The molecule has 0 radical (unpaired) electrons. The largest absolute Gasteiger partial charge is 0.458 e. The molecule has 0 aromatic heterocycles. The SMILES string of the molecule is C.CC.CC(=O)O[C@H]1[C@H](C)O[C@H](C)C[C@@H]1N(C)C. The number of carbonyl (C=O) groups excluding carboxylic acids is 1. The zero-order valence-corrected chi connectivity index (χ0v) is 12.2. The van der Waals surface area contributed by atoms with Crippen molar-refractivity contribution in [1.82, 2.24) is 4.90 Å². The number of carbonyl (C=O) groups is 1. The highest BCUT2D eigenvalue weighted by atomic mass is 16.6. The molecular formula is C14H31NO3. The Kier molecular flexibility index (Phi) is 10.2. The number of likely N-dealkylation sites (N-methyl/N-ethyl adjacent to an activating group) is 1. The minimum atomic E-state index is -0.239. The molecule has 1 fully saturated rings. The molecule has 0 spiro atoms. The Morgan fingerprint density at radius 1 is 1.28 bits per heavy atom. The van der Waals surface area contributed by atoms with Crippen LogP contribution in [0.15, 0.2) is 0 Å². The summed E-state index contributed by atoms with van der Waals surface area (Å²) in [7, 11) is 4.01. The minimum Gasteiger partial charge on any atom is -0.458 e. The molecular weight excluding hydrogens is 230 g/mol. The van der Waals surface area contributed by atoms with E-state index in [-0.39, 0.29) is 37.7 Å². The fourth-order valence-electron chi connectivity index (χ4n) is 2.16. The molecule has 1 aliphatic rings. The standard InChI is InChI=1S/C11H21NO3.C2H6.CH4/c1-7-6-10(12(4)5)11(8(2)14-7)15-9(3)13;1-2;/h7-8,10-11H,6H2,1-5H3;1-2H3;1H4/t7-,8+,10+,11+;;/m1../s1. The van der Waals surface area contributed by atoms with Crippen molar-refractivity contribution in [2.45, 2.75) is 72.8 Å². The molecule has 0 saturated carbocycles. The van der Waals surface area contributed by atoms with E-state index in [1.165, 1.54) is 6.92 Å². The third-order valence-electron chi connectivity index (χ3n) is 2.83. The Morgan fingerprint density at radius 3 is 2.17 bits per heavy atom. The van der Waals surface area contributed by atoms with Crippen molar-refractivity contribution in [1.29, 1.82) is 0 Å². The lowest BCUT2D eigenvalue weighted by Crippen LogP contribution is -2.53. The van der Waals surface area contributed by atoms with E-state index in [1.807, 2.05) is 34.9 Å². The number of hydrogen-bond acceptors (Lipinski definition) is 4. The van der Waals surface area contributed by atoms with E-state index in [0.29, 0.717) is 0 Å². The average molecular weight is 261 g/mol. The van der Waals surface area contributed by atoms with Gasteiger partial charge in [0.25, 0.3) is 0 Å². The second-order valence-electron chi connectivity index (χ2n) is 4.49. The van der Waals surface area contributed by atoms with Crippen LogP contribution in [0.3, 0.4) is 0 Å². The minimum absolute atomic E-state index is 0. The third kappa shape index (κ3) is 5.83. The molecule has 0 unspecified atom stereocenters. The molecule has 1 saturated heterocycles.